The fourth-order valence-corrected chi connectivity index (χ4v) is 4.23. The number of ether oxygens (including phenoxy) is 3. The van der Waals surface area contributed by atoms with E-state index in [0.29, 0.717) is 49.2 Å². The maximum Gasteiger partial charge on any atom is 0.387 e. The second-order valence-electron chi connectivity index (χ2n) is 7.04. The molecular formula is C18H27F2IN4O5S. The minimum Gasteiger partial charge on any atom is -0.454 e. The van der Waals surface area contributed by atoms with Crippen molar-refractivity contribution in [2.75, 3.05) is 39.2 Å². The van der Waals surface area contributed by atoms with Crippen LogP contribution in [0.4, 0.5) is 8.78 Å². The van der Waals surface area contributed by atoms with Gasteiger partial charge in [-0.25, -0.2) is 17.7 Å². The molecule has 0 saturated carbocycles. The van der Waals surface area contributed by atoms with Crippen molar-refractivity contribution in [3.63, 3.8) is 0 Å². The van der Waals surface area contributed by atoms with Gasteiger partial charge in [-0.15, -0.1) is 24.0 Å². The smallest absolute Gasteiger partial charge is 0.387 e. The summed E-state index contributed by atoms with van der Waals surface area (Å²) in [6.45, 7) is 1.14. The number of alkyl halides is 2. The molecule has 31 heavy (non-hydrogen) atoms. The van der Waals surface area contributed by atoms with Crippen molar-refractivity contribution in [2.45, 2.75) is 26.5 Å². The van der Waals surface area contributed by atoms with Gasteiger partial charge in [-0.3, -0.25) is 0 Å². The molecule has 0 amide bonds. The predicted octanol–water partition coefficient (Wildman–Crippen LogP) is 1.97. The third kappa shape index (κ3) is 7.20. The largest absolute Gasteiger partial charge is 0.454 e. The molecule has 1 aromatic rings. The Bertz CT molecular complexity index is 888. The van der Waals surface area contributed by atoms with E-state index in [1.807, 2.05) is 6.92 Å². The predicted molar refractivity (Wildman–Crippen MR) is 122 cm³/mol. The Kier molecular flexibility index (Phi) is 9.36. The molecule has 2 N–H and O–H groups in total. The second kappa shape index (κ2) is 11.3. The molecule has 1 unspecified atom stereocenters. The van der Waals surface area contributed by atoms with Crippen LogP contribution in [0.3, 0.4) is 0 Å². The topological polar surface area (TPSA) is 101 Å². The summed E-state index contributed by atoms with van der Waals surface area (Å²) < 4.78 is 65.5. The molecule has 176 valence electrons. The Balaban J connectivity index is 0.00000341. The lowest BCUT2D eigenvalue weighted by atomic mass is 10.1. The standard InChI is InChI=1S/C18H26F2N4O5S.HI/c1-3-21-18(22-8-12-4-5-24(10-12)30(2,25)26)23-9-13-6-15-16(28-11-27-15)7-14(13)29-17(19)20;/h6-7,12,17H,3-5,8-11H2,1-2H3,(H2,21,22,23);1H. The summed E-state index contributed by atoms with van der Waals surface area (Å²) in [5, 5.41) is 6.28. The average Bonchev–Trinajstić information content (AvgIpc) is 3.32. The van der Waals surface area contributed by atoms with Gasteiger partial charge in [-0.05, 0) is 25.3 Å². The molecule has 0 bridgehead atoms. The number of rotatable bonds is 8. The highest BCUT2D eigenvalue weighted by Crippen LogP contribution is 2.39. The number of fused-ring (bicyclic) bond motifs is 1. The fraction of sp³-hybridized carbons (Fsp3) is 0.611. The fourth-order valence-electron chi connectivity index (χ4n) is 3.31. The number of benzene rings is 1. The first-order chi connectivity index (χ1) is 14.3. The molecular weight excluding hydrogens is 549 g/mol. The Hall–Kier alpha value is -1.61. The van der Waals surface area contributed by atoms with Gasteiger partial charge in [-0.2, -0.15) is 8.78 Å². The van der Waals surface area contributed by atoms with Crippen LogP contribution in [0.1, 0.15) is 18.9 Å². The normalized spacial score (nSPS) is 18.7. The van der Waals surface area contributed by atoms with Crippen molar-refractivity contribution in [2.24, 2.45) is 10.9 Å². The van der Waals surface area contributed by atoms with Gasteiger partial charge in [0.15, 0.2) is 17.5 Å². The molecule has 2 aliphatic heterocycles. The molecule has 1 saturated heterocycles. The van der Waals surface area contributed by atoms with Gasteiger partial charge < -0.3 is 24.8 Å². The first-order valence-electron chi connectivity index (χ1n) is 9.61. The van der Waals surface area contributed by atoms with Crippen molar-refractivity contribution < 1.29 is 31.4 Å². The molecule has 9 nitrogen and oxygen atoms in total. The van der Waals surface area contributed by atoms with Crippen LogP contribution < -0.4 is 24.8 Å². The Morgan fingerprint density at radius 3 is 2.65 bits per heavy atom. The number of halogens is 3. The minimum absolute atomic E-state index is 0. The molecule has 3 rings (SSSR count). The Morgan fingerprint density at radius 2 is 2.03 bits per heavy atom. The van der Waals surface area contributed by atoms with E-state index in [1.54, 1.807) is 6.07 Å². The van der Waals surface area contributed by atoms with Crippen LogP contribution in [0, 0.1) is 5.92 Å². The number of hydrogen-bond donors (Lipinski definition) is 2. The van der Waals surface area contributed by atoms with Crippen molar-refractivity contribution >= 4 is 40.0 Å². The summed E-state index contributed by atoms with van der Waals surface area (Å²) in [7, 11) is -3.19. The first-order valence-corrected chi connectivity index (χ1v) is 11.5. The van der Waals surface area contributed by atoms with E-state index < -0.39 is 16.6 Å². The average molecular weight is 576 g/mol. The van der Waals surface area contributed by atoms with E-state index in [4.69, 9.17) is 9.47 Å². The number of aliphatic imine (C=N–C) groups is 1. The van der Waals surface area contributed by atoms with Crippen LogP contribution in [0.2, 0.25) is 0 Å². The molecule has 2 heterocycles. The lowest BCUT2D eigenvalue weighted by Gasteiger charge is -2.16. The molecule has 0 aliphatic carbocycles. The first kappa shape index (κ1) is 25.6. The van der Waals surface area contributed by atoms with Gasteiger partial charge in [0.2, 0.25) is 16.8 Å². The quantitative estimate of drug-likeness (QED) is 0.277. The van der Waals surface area contributed by atoms with Crippen molar-refractivity contribution in [3.8, 4) is 17.2 Å². The highest BCUT2D eigenvalue weighted by molar-refractivity contribution is 14.0. The van der Waals surface area contributed by atoms with Crippen molar-refractivity contribution in [1.82, 2.24) is 14.9 Å². The maximum absolute atomic E-state index is 12.8. The molecule has 0 radical (unpaired) electrons. The summed E-state index contributed by atoms with van der Waals surface area (Å²) in [5.74, 6) is 1.43. The van der Waals surface area contributed by atoms with Gasteiger partial charge >= 0.3 is 6.61 Å². The van der Waals surface area contributed by atoms with E-state index in [9.17, 15) is 17.2 Å². The van der Waals surface area contributed by atoms with Gasteiger partial charge in [-0.1, -0.05) is 0 Å². The highest BCUT2D eigenvalue weighted by atomic mass is 127. The molecule has 13 heteroatoms. The van der Waals surface area contributed by atoms with Crippen LogP contribution in [0.5, 0.6) is 17.2 Å². The SMILES string of the molecule is CCNC(=NCc1cc2c(cc1OC(F)F)OCO2)NCC1CCN(S(C)(=O)=O)C1.I. The van der Waals surface area contributed by atoms with Crippen LogP contribution in [-0.4, -0.2) is 64.5 Å². The molecule has 1 aromatic carbocycles. The van der Waals surface area contributed by atoms with Gasteiger partial charge in [0.1, 0.15) is 5.75 Å². The summed E-state index contributed by atoms with van der Waals surface area (Å²) in [6.07, 6.45) is 1.97. The lowest BCUT2D eigenvalue weighted by molar-refractivity contribution is -0.0505. The number of hydrogen-bond acceptors (Lipinski definition) is 6. The zero-order valence-corrected chi connectivity index (χ0v) is 20.4. The monoisotopic (exact) mass is 576 g/mol. The molecule has 2 aliphatic rings. The number of nitrogens with one attached hydrogen (secondary N) is 2. The van der Waals surface area contributed by atoms with Gasteiger partial charge in [0.05, 0.1) is 12.8 Å². The number of sulfonamides is 1. The van der Waals surface area contributed by atoms with E-state index in [0.717, 1.165) is 6.42 Å². The molecule has 0 spiro atoms. The van der Waals surface area contributed by atoms with Gasteiger partial charge in [0, 0.05) is 37.8 Å². The van der Waals surface area contributed by atoms with E-state index in [-0.39, 0.29) is 49.0 Å². The Morgan fingerprint density at radius 1 is 1.32 bits per heavy atom. The summed E-state index contributed by atoms with van der Waals surface area (Å²) in [4.78, 5) is 4.45. The highest BCUT2D eigenvalue weighted by Gasteiger charge is 2.28. The summed E-state index contributed by atoms with van der Waals surface area (Å²) >= 11 is 0. The zero-order valence-electron chi connectivity index (χ0n) is 17.3. The summed E-state index contributed by atoms with van der Waals surface area (Å²) in [5.41, 5.74) is 0.431. The van der Waals surface area contributed by atoms with Crippen molar-refractivity contribution in [1.29, 1.82) is 0 Å². The Labute approximate surface area is 197 Å². The molecule has 1 atom stereocenters. The third-order valence-electron chi connectivity index (χ3n) is 4.80. The van der Waals surface area contributed by atoms with E-state index in [2.05, 4.69) is 20.4 Å². The van der Waals surface area contributed by atoms with E-state index in [1.165, 1.54) is 16.6 Å². The summed E-state index contributed by atoms with van der Waals surface area (Å²) in [6, 6.07) is 2.95. The number of guanidine groups is 1. The zero-order chi connectivity index (χ0) is 21.7. The van der Waals surface area contributed by atoms with Crippen LogP contribution in [-0.2, 0) is 16.6 Å². The minimum atomic E-state index is -3.19. The third-order valence-corrected chi connectivity index (χ3v) is 6.07. The van der Waals surface area contributed by atoms with Gasteiger partial charge in [0.25, 0.3) is 0 Å². The molecule has 1 fully saturated rings. The van der Waals surface area contributed by atoms with Crippen LogP contribution in [0.15, 0.2) is 17.1 Å². The number of nitrogens with zero attached hydrogens (tertiary/aromatic N) is 2. The second-order valence-corrected chi connectivity index (χ2v) is 9.03. The lowest BCUT2D eigenvalue weighted by Crippen LogP contribution is -2.40. The van der Waals surface area contributed by atoms with Crippen LogP contribution in [0.25, 0.3) is 0 Å². The van der Waals surface area contributed by atoms with E-state index >= 15 is 0 Å². The van der Waals surface area contributed by atoms with Crippen molar-refractivity contribution in [3.05, 3.63) is 17.7 Å². The molecule has 0 aromatic heterocycles. The maximum atomic E-state index is 12.8. The van der Waals surface area contributed by atoms with Crippen LogP contribution >= 0.6 is 24.0 Å².